The van der Waals surface area contributed by atoms with E-state index in [0.717, 1.165) is 5.56 Å². The molecule has 0 amide bonds. The van der Waals surface area contributed by atoms with Crippen molar-refractivity contribution in [2.45, 2.75) is 56.6 Å². The van der Waals surface area contributed by atoms with E-state index < -0.39 is 53.7 Å². The Balaban J connectivity index is 1.59. The Morgan fingerprint density at radius 1 is 1.29 bits per heavy atom. The summed E-state index contributed by atoms with van der Waals surface area (Å²) < 4.78 is 23.4. The molecule has 3 aliphatic heterocycles. The molecule has 182 valence electrons. The van der Waals surface area contributed by atoms with Crippen LogP contribution in [-0.2, 0) is 28.6 Å². The number of epoxide rings is 1. The van der Waals surface area contributed by atoms with E-state index in [4.69, 9.17) is 18.9 Å². The standard InChI is InChI=1S/C25H29NO8/c1-12-6-5-7-13(8-12)31-21(23(28)29)19-20(26(3)4)15-9-16(33-24(15)30)14-10-18(27)32-17(14)11-25(2)22(19)34-25/h5-9,14-15,17,19-22H,10-11H2,1-4H3,(H,28,29). The number of carbonyl (C=O) groups excluding carboxylic acids is 2. The SMILES string of the molecule is Cc1cccc(OC(C(=O)O)C2C(N(C)C)C3C=C(OC3=O)C3CC(=O)OC3CC3(C)OC23)c1. The van der Waals surface area contributed by atoms with Crippen LogP contribution in [0.5, 0.6) is 5.75 Å². The minimum Gasteiger partial charge on any atom is -0.478 e. The molecule has 1 aromatic rings. The van der Waals surface area contributed by atoms with Crippen molar-refractivity contribution in [1.82, 2.24) is 4.90 Å². The molecule has 0 aromatic heterocycles. The van der Waals surface area contributed by atoms with Gasteiger partial charge >= 0.3 is 17.9 Å². The summed E-state index contributed by atoms with van der Waals surface area (Å²) in [6.45, 7) is 3.79. The van der Waals surface area contributed by atoms with Gasteiger partial charge in [0.2, 0.25) is 6.10 Å². The summed E-state index contributed by atoms with van der Waals surface area (Å²) in [7, 11) is 3.61. The zero-order valence-corrected chi connectivity index (χ0v) is 19.6. The van der Waals surface area contributed by atoms with Gasteiger partial charge in [0.25, 0.3) is 0 Å². The van der Waals surface area contributed by atoms with Crippen molar-refractivity contribution in [1.29, 1.82) is 0 Å². The summed E-state index contributed by atoms with van der Waals surface area (Å²) in [5.74, 6) is -2.91. The third kappa shape index (κ3) is 3.86. The Labute approximate surface area is 197 Å². The average Bonchev–Trinajstić information content (AvgIpc) is 3.05. The van der Waals surface area contributed by atoms with E-state index in [1.54, 1.807) is 38.4 Å². The van der Waals surface area contributed by atoms with E-state index in [-0.39, 0.29) is 18.3 Å². The van der Waals surface area contributed by atoms with Crippen LogP contribution < -0.4 is 4.74 Å². The molecule has 2 fully saturated rings. The first-order valence-electron chi connectivity index (χ1n) is 11.5. The number of rotatable bonds is 5. The number of ether oxygens (including phenoxy) is 4. The molecule has 0 spiro atoms. The molecular formula is C25H29NO8. The number of aryl methyl sites for hydroxylation is 1. The molecule has 1 aromatic carbocycles. The molecule has 1 N–H and O–H groups in total. The van der Waals surface area contributed by atoms with Gasteiger partial charge in [-0.1, -0.05) is 12.1 Å². The minimum atomic E-state index is -1.28. The van der Waals surface area contributed by atoms with Gasteiger partial charge < -0.3 is 29.0 Å². The summed E-state index contributed by atoms with van der Waals surface area (Å²) >= 11 is 0. The Morgan fingerprint density at radius 3 is 2.74 bits per heavy atom. The second-order valence-corrected chi connectivity index (χ2v) is 10.1. The van der Waals surface area contributed by atoms with Gasteiger partial charge in [-0.3, -0.25) is 9.59 Å². The van der Waals surface area contributed by atoms with Crippen LogP contribution >= 0.6 is 0 Å². The van der Waals surface area contributed by atoms with Crippen molar-refractivity contribution < 1.29 is 38.4 Å². The first-order chi connectivity index (χ1) is 16.1. The Morgan fingerprint density at radius 2 is 2.06 bits per heavy atom. The van der Waals surface area contributed by atoms with E-state index in [0.29, 0.717) is 17.9 Å². The van der Waals surface area contributed by atoms with Crippen molar-refractivity contribution in [3.63, 3.8) is 0 Å². The van der Waals surface area contributed by atoms with E-state index in [2.05, 4.69) is 0 Å². The molecule has 8 unspecified atom stereocenters. The van der Waals surface area contributed by atoms with E-state index in [1.807, 2.05) is 24.8 Å². The molecule has 2 bridgehead atoms. The van der Waals surface area contributed by atoms with Crippen LogP contribution in [0.1, 0.15) is 25.3 Å². The number of carboxylic acids is 1. The Kier molecular flexibility index (Phi) is 5.44. The highest BCUT2D eigenvalue weighted by atomic mass is 16.6. The second-order valence-electron chi connectivity index (χ2n) is 10.1. The molecule has 4 aliphatic rings. The zero-order chi connectivity index (χ0) is 24.4. The smallest absolute Gasteiger partial charge is 0.345 e. The van der Waals surface area contributed by atoms with Gasteiger partial charge in [-0.15, -0.1) is 0 Å². The van der Waals surface area contributed by atoms with Gasteiger partial charge in [0.15, 0.2) is 0 Å². The lowest BCUT2D eigenvalue weighted by atomic mass is 9.75. The number of carbonyl (C=O) groups is 3. The molecule has 34 heavy (non-hydrogen) atoms. The summed E-state index contributed by atoms with van der Waals surface area (Å²) in [6, 6.07) is 6.62. The minimum absolute atomic E-state index is 0.140. The average molecular weight is 472 g/mol. The van der Waals surface area contributed by atoms with Gasteiger partial charge in [-0.25, -0.2) is 4.79 Å². The number of aliphatic carboxylic acids is 1. The van der Waals surface area contributed by atoms with Crippen LogP contribution in [0.4, 0.5) is 0 Å². The van der Waals surface area contributed by atoms with Gasteiger partial charge in [0.1, 0.15) is 17.6 Å². The second kappa shape index (κ2) is 8.09. The monoisotopic (exact) mass is 471 g/mol. The lowest BCUT2D eigenvalue weighted by Crippen LogP contribution is -2.54. The third-order valence-corrected chi connectivity index (χ3v) is 7.42. The van der Waals surface area contributed by atoms with Crippen LogP contribution in [0.2, 0.25) is 0 Å². The lowest BCUT2D eigenvalue weighted by Gasteiger charge is -2.37. The predicted molar refractivity (Wildman–Crippen MR) is 118 cm³/mol. The molecular weight excluding hydrogens is 442 g/mol. The van der Waals surface area contributed by atoms with Gasteiger partial charge in [0.05, 0.1) is 35.9 Å². The van der Waals surface area contributed by atoms with E-state index >= 15 is 0 Å². The normalized spacial score (nSPS) is 37.1. The number of benzene rings is 1. The fraction of sp³-hybridized carbons (Fsp3) is 0.560. The molecule has 9 heteroatoms. The molecule has 8 atom stereocenters. The molecule has 5 rings (SSSR count). The topological polar surface area (TPSA) is 115 Å². The highest BCUT2D eigenvalue weighted by Crippen LogP contribution is 2.53. The summed E-state index contributed by atoms with van der Waals surface area (Å²) in [5, 5.41) is 10.3. The number of fused-ring (bicyclic) bond motifs is 4. The largest absolute Gasteiger partial charge is 0.478 e. The van der Waals surface area contributed by atoms with E-state index in [1.165, 1.54) is 0 Å². The highest BCUT2D eigenvalue weighted by molar-refractivity contribution is 5.81. The highest BCUT2D eigenvalue weighted by Gasteiger charge is 2.66. The molecule has 3 heterocycles. The third-order valence-electron chi connectivity index (χ3n) is 7.42. The molecule has 2 saturated heterocycles. The van der Waals surface area contributed by atoms with Gasteiger partial charge in [-0.2, -0.15) is 0 Å². The van der Waals surface area contributed by atoms with Crippen LogP contribution in [0.15, 0.2) is 36.1 Å². The first kappa shape index (κ1) is 22.9. The molecule has 1 aliphatic carbocycles. The maximum atomic E-state index is 13.1. The maximum Gasteiger partial charge on any atom is 0.345 e. The van der Waals surface area contributed by atoms with Crippen LogP contribution in [0.3, 0.4) is 0 Å². The fourth-order valence-electron chi connectivity index (χ4n) is 5.83. The number of hydrogen-bond acceptors (Lipinski definition) is 8. The number of carboxylic acid groups (broad SMARTS) is 1. The Bertz CT molecular complexity index is 1070. The molecule has 9 nitrogen and oxygen atoms in total. The van der Waals surface area contributed by atoms with Crippen molar-refractivity contribution >= 4 is 17.9 Å². The molecule has 0 saturated carbocycles. The lowest BCUT2D eigenvalue weighted by molar-refractivity contribution is -0.153. The van der Waals surface area contributed by atoms with Crippen molar-refractivity contribution in [3.8, 4) is 5.75 Å². The van der Waals surface area contributed by atoms with Crippen LogP contribution in [-0.4, -0.2) is 72.0 Å². The molecule has 0 radical (unpaired) electrons. The van der Waals surface area contributed by atoms with Crippen molar-refractivity contribution in [2.24, 2.45) is 17.8 Å². The van der Waals surface area contributed by atoms with Crippen LogP contribution in [0, 0.1) is 24.7 Å². The Hall–Kier alpha value is -2.91. The number of hydrogen-bond donors (Lipinski definition) is 1. The van der Waals surface area contributed by atoms with Crippen LogP contribution in [0.25, 0.3) is 0 Å². The van der Waals surface area contributed by atoms with Gasteiger partial charge in [-0.05, 0) is 51.7 Å². The maximum absolute atomic E-state index is 13.1. The van der Waals surface area contributed by atoms with Gasteiger partial charge in [0, 0.05) is 12.5 Å². The quantitative estimate of drug-likeness (QED) is 0.508. The first-order valence-corrected chi connectivity index (χ1v) is 11.5. The van der Waals surface area contributed by atoms with E-state index in [9.17, 15) is 19.5 Å². The number of nitrogens with zero attached hydrogens (tertiary/aromatic N) is 1. The predicted octanol–water partition coefficient (Wildman–Crippen LogP) is 1.92. The zero-order valence-electron chi connectivity index (χ0n) is 19.6. The summed E-state index contributed by atoms with van der Waals surface area (Å²) in [6.07, 6.45) is -0.0571. The fourth-order valence-corrected chi connectivity index (χ4v) is 5.83. The van der Waals surface area contributed by atoms with Crippen molar-refractivity contribution in [3.05, 3.63) is 41.7 Å². The summed E-state index contributed by atoms with van der Waals surface area (Å²) in [5.41, 5.74) is 0.210. The summed E-state index contributed by atoms with van der Waals surface area (Å²) in [4.78, 5) is 39.6. The van der Waals surface area contributed by atoms with Crippen molar-refractivity contribution in [2.75, 3.05) is 14.1 Å². The number of esters is 2.